The number of hydrogen-bond donors (Lipinski definition) is 0. The predicted octanol–water partition coefficient (Wildman–Crippen LogP) is 4.59. The molecular weight excluding hydrogens is 251 g/mol. The number of carbonyl (C=O) groups is 1. The summed E-state index contributed by atoms with van der Waals surface area (Å²) in [6.45, 7) is 2.16. The number of ketones is 1. The first-order chi connectivity index (χ1) is 9.70. The molecule has 0 bridgehead atoms. The zero-order chi connectivity index (χ0) is 14.4. The summed E-state index contributed by atoms with van der Waals surface area (Å²) in [6, 6.07) is 14.1. The SMILES string of the molecule is CCCCc1ccc(C(=O)Cc2ccccc2F)cc1. The van der Waals surface area contributed by atoms with E-state index in [4.69, 9.17) is 0 Å². The second kappa shape index (κ2) is 6.99. The van der Waals surface area contributed by atoms with Gasteiger partial charge in [0.25, 0.3) is 0 Å². The van der Waals surface area contributed by atoms with Gasteiger partial charge in [-0.15, -0.1) is 0 Å². The van der Waals surface area contributed by atoms with E-state index in [2.05, 4.69) is 6.92 Å². The van der Waals surface area contributed by atoms with Crippen molar-refractivity contribution in [2.75, 3.05) is 0 Å². The monoisotopic (exact) mass is 270 g/mol. The van der Waals surface area contributed by atoms with Crippen LogP contribution in [0.1, 0.15) is 41.3 Å². The van der Waals surface area contributed by atoms with Gasteiger partial charge in [-0.3, -0.25) is 4.79 Å². The Morgan fingerprint density at radius 2 is 1.75 bits per heavy atom. The van der Waals surface area contributed by atoms with Crippen molar-refractivity contribution < 1.29 is 9.18 Å². The average Bonchev–Trinajstić information content (AvgIpc) is 2.48. The predicted molar refractivity (Wildman–Crippen MR) is 79.5 cm³/mol. The van der Waals surface area contributed by atoms with Crippen LogP contribution >= 0.6 is 0 Å². The van der Waals surface area contributed by atoms with Crippen molar-refractivity contribution in [2.24, 2.45) is 0 Å². The maximum Gasteiger partial charge on any atom is 0.167 e. The van der Waals surface area contributed by atoms with E-state index in [9.17, 15) is 9.18 Å². The smallest absolute Gasteiger partial charge is 0.167 e. The molecule has 0 unspecified atom stereocenters. The topological polar surface area (TPSA) is 17.1 Å². The quantitative estimate of drug-likeness (QED) is 0.701. The third kappa shape index (κ3) is 3.77. The Hall–Kier alpha value is -1.96. The summed E-state index contributed by atoms with van der Waals surface area (Å²) in [6.07, 6.45) is 3.47. The van der Waals surface area contributed by atoms with Crippen LogP contribution in [-0.4, -0.2) is 5.78 Å². The number of carbonyl (C=O) groups excluding carboxylic acids is 1. The lowest BCUT2D eigenvalue weighted by Gasteiger charge is -2.04. The van der Waals surface area contributed by atoms with Gasteiger partial charge in [0.2, 0.25) is 0 Å². The second-order valence-electron chi connectivity index (χ2n) is 4.99. The Labute approximate surface area is 119 Å². The molecule has 0 aliphatic heterocycles. The highest BCUT2D eigenvalue weighted by Crippen LogP contribution is 2.13. The largest absolute Gasteiger partial charge is 0.294 e. The average molecular weight is 270 g/mol. The zero-order valence-electron chi connectivity index (χ0n) is 11.7. The molecule has 104 valence electrons. The number of aryl methyl sites for hydroxylation is 1. The van der Waals surface area contributed by atoms with Crippen LogP contribution < -0.4 is 0 Å². The summed E-state index contributed by atoms with van der Waals surface area (Å²) in [5.41, 5.74) is 2.34. The van der Waals surface area contributed by atoms with E-state index in [0.29, 0.717) is 11.1 Å². The van der Waals surface area contributed by atoms with Gasteiger partial charge in [0.05, 0.1) is 0 Å². The molecule has 2 heteroatoms. The standard InChI is InChI=1S/C18H19FO/c1-2-3-6-14-9-11-15(12-10-14)18(20)13-16-7-4-5-8-17(16)19/h4-5,7-12H,2-3,6,13H2,1H3. The Balaban J connectivity index is 2.04. The molecule has 0 saturated carbocycles. The first-order valence-corrected chi connectivity index (χ1v) is 7.06. The lowest BCUT2D eigenvalue weighted by Crippen LogP contribution is -2.05. The van der Waals surface area contributed by atoms with E-state index in [1.165, 1.54) is 11.6 Å². The zero-order valence-corrected chi connectivity index (χ0v) is 11.7. The molecule has 1 nitrogen and oxygen atoms in total. The molecule has 0 radical (unpaired) electrons. The van der Waals surface area contributed by atoms with Crippen LogP contribution in [0.4, 0.5) is 4.39 Å². The minimum atomic E-state index is -0.319. The molecule has 0 fully saturated rings. The van der Waals surface area contributed by atoms with Gasteiger partial charge in [-0.25, -0.2) is 4.39 Å². The minimum absolute atomic E-state index is 0.0443. The molecule has 0 heterocycles. The molecule has 0 amide bonds. The fourth-order valence-electron chi connectivity index (χ4n) is 2.16. The molecule has 0 aromatic heterocycles. The number of Topliss-reactive ketones (excluding diaryl/α,β-unsaturated/α-hetero) is 1. The molecule has 0 spiro atoms. The van der Waals surface area contributed by atoms with Crippen molar-refractivity contribution >= 4 is 5.78 Å². The van der Waals surface area contributed by atoms with Crippen LogP contribution in [-0.2, 0) is 12.8 Å². The molecule has 0 aliphatic rings. The molecule has 2 rings (SSSR count). The van der Waals surface area contributed by atoms with Crippen LogP contribution in [0.25, 0.3) is 0 Å². The fraction of sp³-hybridized carbons (Fsp3) is 0.278. The minimum Gasteiger partial charge on any atom is -0.294 e. The Morgan fingerprint density at radius 1 is 1.05 bits per heavy atom. The van der Waals surface area contributed by atoms with Crippen LogP contribution in [0.15, 0.2) is 48.5 Å². The number of unbranched alkanes of at least 4 members (excludes halogenated alkanes) is 1. The van der Waals surface area contributed by atoms with Gasteiger partial charge in [-0.1, -0.05) is 55.8 Å². The number of hydrogen-bond acceptors (Lipinski definition) is 1. The van der Waals surface area contributed by atoms with E-state index in [1.54, 1.807) is 18.2 Å². The van der Waals surface area contributed by atoms with Gasteiger partial charge in [-0.2, -0.15) is 0 Å². The van der Waals surface area contributed by atoms with Crippen LogP contribution in [0, 0.1) is 5.82 Å². The normalized spacial score (nSPS) is 10.5. The van der Waals surface area contributed by atoms with E-state index in [0.717, 1.165) is 19.3 Å². The van der Waals surface area contributed by atoms with Crippen molar-refractivity contribution in [3.8, 4) is 0 Å². The van der Waals surface area contributed by atoms with Crippen molar-refractivity contribution in [1.29, 1.82) is 0 Å². The van der Waals surface area contributed by atoms with Gasteiger partial charge >= 0.3 is 0 Å². The van der Waals surface area contributed by atoms with Crippen LogP contribution in [0.2, 0.25) is 0 Å². The molecule has 0 saturated heterocycles. The maximum atomic E-state index is 13.5. The third-order valence-corrected chi connectivity index (χ3v) is 3.40. The summed E-state index contributed by atoms with van der Waals surface area (Å²) in [5, 5.41) is 0. The van der Waals surface area contributed by atoms with Gasteiger partial charge in [0, 0.05) is 12.0 Å². The lowest BCUT2D eigenvalue weighted by atomic mass is 10.0. The maximum absolute atomic E-state index is 13.5. The van der Waals surface area contributed by atoms with E-state index in [1.807, 2.05) is 24.3 Å². The van der Waals surface area contributed by atoms with Gasteiger partial charge < -0.3 is 0 Å². The van der Waals surface area contributed by atoms with Crippen LogP contribution in [0.3, 0.4) is 0 Å². The molecular formula is C18H19FO. The van der Waals surface area contributed by atoms with E-state index >= 15 is 0 Å². The highest BCUT2D eigenvalue weighted by atomic mass is 19.1. The molecule has 0 N–H and O–H groups in total. The van der Waals surface area contributed by atoms with Gasteiger partial charge in [0.1, 0.15) is 5.82 Å². The Kier molecular flexibility index (Phi) is 5.05. The highest BCUT2D eigenvalue weighted by molar-refractivity contribution is 5.97. The summed E-state index contributed by atoms with van der Waals surface area (Å²) in [7, 11) is 0. The summed E-state index contributed by atoms with van der Waals surface area (Å²) < 4.78 is 13.5. The van der Waals surface area contributed by atoms with Crippen LogP contribution in [0.5, 0.6) is 0 Å². The summed E-state index contributed by atoms with van der Waals surface area (Å²) in [5.74, 6) is -0.363. The molecule has 2 aromatic carbocycles. The first kappa shape index (κ1) is 14.4. The second-order valence-corrected chi connectivity index (χ2v) is 4.99. The summed E-state index contributed by atoms with van der Waals surface area (Å²) in [4.78, 5) is 12.1. The van der Waals surface area contributed by atoms with Crippen molar-refractivity contribution in [3.63, 3.8) is 0 Å². The van der Waals surface area contributed by atoms with Crippen molar-refractivity contribution in [1.82, 2.24) is 0 Å². The molecule has 0 atom stereocenters. The first-order valence-electron chi connectivity index (χ1n) is 7.06. The van der Waals surface area contributed by atoms with Crippen molar-refractivity contribution in [3.05, 3.63) is 71.0 Å². The molecule has 0 aliphatic carbocycles. The fourth-order valence-corrected chi connectivity index (χ4v) is 2.16. The Bertz CT molecular complexity index is 572. The summed E-state index contributed by atoms with van der Waals surface area (Å²) >= 11 is 0. The number of halogens is 1. The number of rotatable bonds is 6. The Morgan fingerprint density at radius 3 is 2.40 bits per heavy atom. The van der Waals surface area contributed by atoms with Crippen molar-refractivity contribution in [2.45, 2.75) is 32.6 Å². The van der Waals surface area contributed by atoms with E-state index < -0.39 is 0 Å². The third-order valence-electron chi connectivity index (χ3n) is 3.40. The highest BCUT2D eigenvalue weighted by Gasteiger charge is 2.09. The van der Waals surface area contributed by atoms with Gasteiger partial charge in [-0.05, 0) is 30.0 Å². The van der Waals surface area contributed by atoms with Gasteiger partial charge in [0.15, 0.2) is 5.78 Å². The lowest BCUT2D eigenvalue weighted by molar-refractivity contribution is 0.0992. The molecule has 2 aromatic rings. The van der Waals surface area contributed by atoms with E-state index in [-0.39, 0.29) is 18.0 Å². The molecule has 20 heavy (non-hydrogen) atoms. The number of benzene rings is 2.